The number of hydrogen-bond acceptors (Lipinski definition) is 3. The molecule has 5 heteroatoms. The van der Waals surface area contributed by atoms with E-state index in [1.165, 1.54) is 4.90 Å². The topological polar surface area (TPSA) is 81.0 Å². The number of piperidine rings is 1. The van der Waals surface area contributed by atoms with Gasteiger partial charge in [0, 0.05) is 12.1 Å². The molecule has 2 rings (SSSR count). The molecule has 14 heavy (non-hydrogen) atoms. The molecule has 3 atom stereocenters. The van der Waals surface area contributed by atoms with Gasteiger partial charge in [0.2, 0.25) is 0 Å². The Morgan fingerprint density at radius 3 is 2.21 bits per heavy atom. The quantitative estimate of drug-likeness (QED) is 0.558. The number of rotatable bonds is 1. The summed E-state index contributed by atoms with van der Waals surface area (Å²) in [6.07, 6.45) is 1.44. The lowest BCUT2D eigenvalue weighted by Crippen LogP contribution is -2.54. The van der Waals surface area contributed by atoms with Crippen LogP contribution in [0.25, 0.3) is 0 Å². The summed E-state index contributed by atoms with van der Waals surface area (Å²) >= 11 is 0. The number of amides is 1. The third-order valence-electron chi connectivity index (χ3n) is 3.37. The summed E-state index contributed by atoms with van der Waals surface area (Å²) in [5.41, 5.74) is -1.06. The number of aliphatic hydroxyl groups excluding tert-OH is 1. The summed E-state index contributed by atoms with van der Waals surface area (Å²) < 4.78 is 0. The van der Waals surface area contributed by atoms with Crippen LogP contribution in [-0.2, 0) is 0 Å². The van der Waals surface area contributed by atoms with Gasteiger partial charge in [-0.25, -0.2) is 4.79 Å². The van der Waals surface area contributed by atoms with Crippen molar-refractivity contribution in [3.8, 4) is 0 Å². The van der Waals surface area contributed by atoms with E-state index in [1.807, 2.05) is 0 Å². The minimum Gasteiger partial charge on any atom is -0.465 e. The minimum atomic E-state index is -1.06. The Bertz CT molecular complexity index is 241. The molecule has 2 aliphatic heterocycles. The van der Waals surface area contributed by atoms with Crippen molar-refractivity contribution in [1.29, 1.82) is 0 Å². The number of carboxylic acid groups (broad SMARTS) is 1. The van der Waals surface area contributed by atoms with Crippen molar-refractivity contribution in [3.05, 3.63) is 0 Å². The molecule has 0 aromatic heterocycles. The molecule has 0 aromatic rings. The summed E-state index contributed by atoms with van der Waals surface area (Å²) in [5.74, 6) is 0. The maximum atomic E-state index is 10.9. The van der Waals surface area contributed by atoms with Crippen molar-refractivity contribution >= 4 is 6.09 Å². The molecule has 1 unspecified atom stereocenters. The molecule has 2 aliphatic rings. The fraction of sp³-hybridized carbons (Fsp3) is 0.889. The van der Waals surface area contributed by atoms with E-state index in [9.17, 15) is 9.90 Å². The molecule has 2 bridgehead atoms. The highest BCUT2D eigenvalue weighted by Crippen LogP contribution is 2.40. The first-order valence-corrected chi connectivity index (χ1v) is 4.90. The van der Waals surface area contributed by atoms with Gasteiger partial charge in [-0.2, -0.15) is 0 Å². The highest BCUT2D eigenvalue weighted by atomic mass is 16.4. The zero-order chi connectivity index (χ0) is 10.3. The van der Waals surface area contributed by atoms with Crippen LogP contribution >= 0.6 is 0 Å². The van der Waals surface area contributed by atoms with Gasteiger partial charge in [0.05, 0.1) is 12.2 Å². The smallest absolute Gasteiger partial charge is 0.407 e. The van der Waals surface area contributed by atoms with Gasteiger partial charge in [0.15, 0.2) is 0 Å². The summed E-state index contributed by atoms with van der Waals surface area (Å²) in [6, 6.07) is -0.216. The van der Waals surface area contributed by atoms with E-state index >= 15 is 0 Å². The lowest BCUT2D eigenvalue weighted by Gasteiger charge is -2.41. The first kappa shape index (κ1) is 9.73. The van der Waals surface area contributed by atoms with E-state index in [4.69, 9.17) is 10.2 Å². The molecule has 0 radical (unpaired) electrons. The van der Waals surface area contributed by atoms with E-state index in [1.54, 1.807) is 0 Å². The maximum absolute atomic E-state index is 10.9. The standard InChI is InChI=1S/C9H15NO4/c11-5-9(14)3-6-1-2-7(4-9)10(6)8(12)13/h6-7,11,14H,1-5H2,(H,12,13)/t6-,7+,9?. The van der Waals surface area contributed by atoms with E-state index < -0.39 is 11.7 Å². The van der Waals surface area contributed by atoms with Crippen LogP contribution in [0.4, 0.5) is 4.79 Å². The Balaban J connectivity index is 2.16. The molecule has 5 nitrogen and oxygen atoms in total. The van der Waals surface area contributed by atoms with Gasteiger partial charge < -0.3 is 20.2 Å². The van der Waals surface area contributed by atoms with Gasteiger partial charge in [-0.05, 0) is 25.7 Å². The molecule has 2 fully saturated rings. The second-order valence-corrected chi connectivity index (χ2v) is 4.37. The minimum absolute atomic E-state index is 0.108. The van der Waals surface area contributed by atoms with Gasteiger partial charge in [-0.15, -0.1) is 0 Å². The van der Waals surface area contributed by atoms with Crippen LogP contribution in [0.1, 0.15) is 25.7 Å². The molecular formula is C9H15NO4. The highest BCUT2D eigenvalue weighted by molar-refractivity contribution is 5.66. The monoisotopic (exact) mass is 201 g/mol. The first-order chi connectivity index (χ1) is 6.56. The lowest BCUT2D eigenvalue weighted by atomic mass is 9.87. The Morgan fingerprint density at radius 2 is 1.86 bits per heavy atom. The second kappa shape index (κ2) is 3.10. The average Bonchev–Trinajstić information content (AvgIpc) is 2.40. The Kier molecular flexibility index (Phi) is 2.16. The van der Waals surface area contributed by atoms with Gasteiger partial charge in [0.1, 0.15) is 0 Å². The normalized spacial score (nSPS) is 41.4. The molecule has 0 spiro atoms. The molecule has 2 heterocycles. The highest BCUT2D eigenvalue weighted by Gasteiger charge is 2.49. The van der Waals surface area contributed by atoms with Gasteiger partial charge in [-0.3, -0.25) is 0 Å². The molecule has 80 valence electrons. The van der Waals surface area contributed by atoms with Crippen molar-refractivity contribution in [2.75, 3.05) is 6.61 Å². The summed E-state index contributed by atoms with van der Waals surface area (Å²) in [5, 5.41) is 27.9. The third-order valence-corrected chi connectivity index (χ3v) is 3.37. The van der Waals surface area contributed by atoms with Crippen molar-refractivity contribution in [2.45, 2.75) is 43.4 Å². The van der Waals surface area contributed by atoms with E-state index in [0.717, 1.165) is 12.8 Å². The molecule has 0 aromatic carbocycles. The molecule has 0 saturated carbocycles. The Morgan fingerprint density at radius 1 is 1.36 bits per heavy atom. The Hall–Kier alpha value is -0.810. The number of fused-ring (bicyclic) bond motifs is 2. The van der Waals surface area contributed by atoms with Gasteiger partial charge >= 0.3 is 6.09 Å². The summed E-state index contributed by atoms with van der Waals surface area (Å²) in [6.45, 7) is -0.270. The number of hydrogen-bond donors (Lipinski definition) is 3. The van der Waals surface area contributed by atoms with Gasteiger partial charge in [0.25, 0.3) is 0 Å². The fourth-order valence-corrected chi connectivity index (χ4v) is 2.76. The van der Waals surface area contributed by atoms with Crippen LogP contribution in [0.2, 0.25) is 0 Å². The summed E-state index contributed by atoms with van der Waals surface area (Å²) in [7, 11) is 0. The molecule has 2 saturated heterocycles. The third kappa shape index (κ3) is 1.36. The first-order valence-electron chi connectivity index (χ1n) is 4.90. The lowest BCUT2D eigenvalue weighted by molar-refractivity contribution is -0.0766. The molecule has 0 aliphatic carbocycles. The predicted molar refractivity (Wildman–Crippen MR) is 47.9 cm³/mol. The largest absolute Gasteiger partial charge is 0.465 e. The zero-order valence-corrected chi connectivity index (χ0v) is 7.89. The zero-order valence-electron chi connectivity index (χ0n) is 7.89. The number of aliphatic hydroxyl groups is 2. The van der Waals surface area contributed by atoms with Crippen LogP contribution < -0.4 is 0 Å². The molecule has 1 amide bonds. The number of carbonyl (C=O) groups is 1. The van der Waals surface area contributed by atoms with Crippen LogP contribution in [0, 0.1) is 0 Å². The fourth-order valence-electron chi connectivity index (χ4n) is 2.76. The van der Waals surface area contributed by atoms with Crippen LogP contribution in [0.5, 0.6) is 0 Å². The van der Waals surface area contributed by atoms with Crippen molar-refractivity contribution in [3.63, 3.8) is 0 Å². The average molecular weight is 201 g/mol. The second-order valence-electron chi connectivity index (χ2n) is 4.37. The predicted octanol–water partition coefficient (Wildman–Crippen LogP) is 0.0146. The Labute approximate surface area is 82.0 Å². The van der Waals surface area contributed by atoms with Crippen molar-refractivity contribution in [1.82, 2.24) is 4.90 Å². The van der Waals surface area contributed by atoms with Crippen LogP contribution in [-0.4, -0.2) is 50.6 Å². The summed E-state index contributed by atoms with van der Waals surface area (Å²) in [4.78, 5) is 12.3. The number of nitrogens with zero attached hydrogens (tertiary/aromatic N) is 1. The van der Waals surface area contributed by atoms with Crippen LogP contribution in [0.15, 0.2) is 0 Å². The maximum Gasteiger partial charge on any atom is 0.407 e. The SMILES string of the molecule is O=C(O)N1[C@@H]2CC[C@H]1CC(O)(CO)C2. The van der Waals surface area contributed by atoms with Gasteiger partial charge in [-0.1, -0.05) is 0 Å². The molecule has 3 N–H and O–H groups in total. The molecular weight excluding hydrogens is 186 g/mol. The van der Waals surface area contributed by atoms with E-state index in [-0.39, 0.29) is 18.7 Å². The van der Waals surface area contributed by atoms with Crippen molar-refractivity contribution in [2.24, 2.45) is 0 Å². The van der Waals surface area contributed by atoms with Crippen molar-refractivity contribution < 1.29 is 20.1 Å². The van der Waals surface area contributed by atoms with E-state index in [0.29, 0.717) is 12.8 Å². The van der Waals surface area contributed by atoms with Crippen LogP contribution in [0.3, 0.4) is 0 Å². The van der Waals surface area contributed by atoms with E-state index in [2.05, 4.69) is 0 Å².